The summed E-state index contributed by atoms with van der Waals surface area (Å²) in [4.78, 5) is 24.0. The van der Waals surface area contributed by atoms with Crippen LogP contribution in [0, 0.1) is 11.7 Å². The van der Waals surface area contributed by atoms with Crippen LogP contribution in [-0.2, 0) is 25.1 Å². The van der Waals surface area contributed by atoms with E-state index >= 15 is 0 Å². The molecule has 174 valence electrons. The average Bonchev–Trinajstić information content (AvgIpc) is 3.65. The number of carbonyl (C=O) groups excluding carboxylic acids is 2. The summed E-state index contributed by atoms with van der Waals surface area (Å²) in [7, 11) is -3.77. The minimum Gasteiger partial charge on any atom is -0.490 e. The van der Waals surface area contributed by atoms with Gasteiger partial charge in [-0.2, -0.15) is 0 Å². The van der Waals surface area contributed by atoms with Crippen LogP contribution in [0.5, 0.6) is 5.75 Å². The Morgan fingerprint density at radius 3 is 2.75 bits per heavy atom. The second kappa shape index (κ2) is 9.16. The minimum absolute atomic E-state index is 0.0264. The van der Waals surface area contributed by atoms with E-state index < -0.39 is 27.4 Å². The van der Waals surface area contributed by atoms with Crippen molar-refractivity contribution in [2.45, 2.75) is 37.6 Å². The monoisotopic (exact) mass is 467 g/mol. The van der Waals surface area contributed by atoms with E-state index in [0.29, 0.717) is 30.9 Å². The highest BCUT2D eigenvalue weighted by Crippen LogP contribution is 2.47. The molecule has 4 rings (SSSR count). The van der Waals surface area contributed by atoms with Gasteiger partial charge in [0.05, 0.1) is 18.8 Å². The van der Waals surface area contributed by atoms with Crippen LogP contribution in [0.3, 0.4) is 0 Å². The molecule has 2 aliphatic carbocycles. The first-order valence-electron chi connectivity index (χ1n) is 10.6. The van der Waals surface area contributed by atoms with E-state index in [9.17, 15) is 22.4 Å². The van der Waals surface area contributed by atoms with Crippen molar-refractivity contribution in [3.63, 3.8) is 0 Å². The van der Waals surface area contributed by atoms with Gasteiger partial charge in [-0.25, -0.2) is 22.3 Å². The lowest BCUT2D eigenvalue weighted by molar-refractivity contribution is -0.122. The summed E-state index contributed by atoms with van der Waals surface area (Å²) < 4.78 is 52.7. The molecule has 1 heterocycles. The number of sulfonamides is 1. The van der Waals surface area contributed by atoms with Gasteiger partial charge in [0.25, 0.3) is 0 Å². The Balaban J connectivity index is 1.29. The van der Waals surface area contributed by atoms with Crippen molar-refractivity contribution >= 4 is 22.0 Å². The molecule has 32 heavy (non-hydrogen) atoms. The second-order valence-electron chi connectivity index (χ2n) is 8.37. The Bertz CT molecular complexity index is 1020. The van der Waals surface area contributed by atoms with Crippen molar-refractivity contribution in [1.82, 2.24) is 14.9 Å². The number of carbonyl (C=O) groups is 2. The van der Waals surface area contributed by atoms with Gasteiger partial charge in [0.2, 0.25) is 15.9 Å². The summed E-state index contributed by atoms with van der Waals surface area (Å²) in [6.07, 6.45) is 4.92. The third-order valence-corrected chi connectivity index (χ3v) is 6.85. The maximum absolute atomic E-state index is 14.1. The lowest BCUT2D eigenvalue weighted by Crippen LogP contribution is -2.50. The quantitative estimate of drug-likeness (QED) is 0.481. The SMILES string of the molecule is O=C1CCN(COC/C=C/S(=O)(=O)NC2(c3ccc(F)c(OCC4CC4)c3)CC2)C(=O)N1. The molecule has 11 heteroatoms. The molecule has 0 bridgehead atoms. The van der Waals surface area contributed by atoms with Gasteiger partial charge in [0.15, 0.2) is 11.6 Å². The van der Waals surface area contributed by atoms with E-state index in [1.165, 1.54) is 17.0 Å². The zero-order valence-electron chi connectivity index (χ0n) is 17.5. The van der Waals surface area contributed by atoms with Crippen molar-refractivity contribution < 1.29 is 31.9 Å². The second-order valence-corrected chi connectivity index (χ2v) is 9.93. The van der Waals surface area contributed by atoms with E-state index in [-0.39, 0.29) is 38.0 Å². The zero-order chi connectivity index (χ0) is 22.8. The molecule has 0 unspecified atom stereocenters. The van der Waals surface area contributed by atoms with E-state index in [4.69, 9.17) is 9.47 Å². The molecule has 1 saturated heterocycles. The smallest absolute Gasteiger partial charge is 0.325 e. The Morgan fingerprint density at radius 2 is 2.06 bits per heavy atom. The standard InChI is InChI=1S/C21H26FN3O6S/c22-17-5-4-16(12-18(17)31-13-15-2-3-15)21(7-8-21)24-32(28,29)11-1-10-30-14-25-9-6-19(26)23-20(25)27/h1,4-5,11-12,15,24H,2-3,6-10,13-14H2,(H,23,26,27)/b11-1+. The predicted octanol–water partition coefficient (Wildman–Crippen LogP) is 1.95. The molecule has 0 aromatic heterocycles. The van der Waals surface area contributed by atoms with Crippen LogP contribution >= 0.6 is 0 Å². The summed E-state index contributed by atoms with van der Waals surface area (Å²) in [5, 5.41) is 3.19. The van der Waals surface area contributed by atoms with Crippen molar-refractivity contribution in [1.29, 1.82) is 0 Å². The maximum atomic E-state index is 14.1. The zero-order valence-corrected chi connectivity index (χ0v) is 18.3. The number of amides is 3. The van der Waals surface area contributed by atoms with Gasteiger partial charge in [-0.1, -0.05) is 6.07 Å². The number of nitrogens with one attached hydrogen (secondary N) is 2. The number of benzene rings is 1. The third-order valence-electron chi connectivity index (χ3n) is 5.62. The van der Waals surface area contributed by atoms with Crippen molar-refractivity contribution in [2.75, 3.05) is 26.5 Å². The van der Waals surface area contributed by atoms with Gasteiger partial charge < -0.3 is 14.4 Å². The van der Waals surface area contributed by atoms with E-state index in [0.717, 1.165) is 18.2 Å². The average molecular weight is 468 g/mol. The molecule has 0 radical (unpaired) electrons. The predicted molar refractivity (Wildman–Crippen MR) is 112 cm³/mol. The van der Waals surface area contributed by atoms with Crippen LogP contribution < -0.4 is 14.8 Å². The van der Waals surface area contributed by atoms with Crippen molar-refractivity contribution in [3.8, 4) is 5.75 Å². The first-order chi connectivity index (χ1) is 15.3. The molecule has 2 N–H and O–H groups in total. The Morgan fingerprint density at radius 1 is 1.28 bits per heavy atom. The largest absolute Gasteiger partial charge is 0.490 e. The summed E-state index contributed by atoms with van der Waals surface area (Å²) >= 11 is 0. The third kappa shape index (κ3) is 5.84. The summed E-state index contributed by atoms with van der Waals surface area (Å²) in [6, 6.07) is 3.93. The number of hydrogen-bond donors (Lipinski definition) is 2. The fourth-order valence-corrected chi connectivity index (χ4v) is 4.67. The van der Waals surface area contributed by atoms with Crippen LogP contribution in [0.1, 0.15) is 37.7 Å². The van der Waals surface area contributed by atoms with Gasteiger partial charge in [0, 0.05) is 18.4 Å². The number of urea groups is 1. The van der Waals surface area contributed by atoms with Crippen LogP contribution in [0.4, 0.5) is 9.18 Å². The molecule has 3 amide bonds. The van der Waals surface area contributed by atoms with Crippen molar-refractivity contribution in [2.24, 2.45) is 5.92 Å². The van der Waals surface area contributed by atoms with Crippen LogP contribution in [0.2, 0.25) is 0 Å². The topological polar surface area (TPSA) is 114 Å². The summed E-state index contributed by atoms with van der Waals surface area (Å²) in [5.41, 5.74) is -0.100. The first-order valence-corrected chi connectivity index (χ1v) is 12.1. The highest BCUT2D eigenvalue weighted by molar-refractivity contribution is 7.92. The molecule has 0 atom stereocenters. The molecule has 9 nitrogen and oxygen atoms in total. The fourth-order valence-electron chi connectivity index (χ4n) is 3.40. The minimum atomic E-state index is -3.77. The fraction of sp³-hybridized carbons (Fsp3) is 0.524. The number of hydrogen-bond acceptors (Lipinski definition) is 6. The Kier molecular flexibility index (Phi) is 6.50. The molecule has 3 aliphatic rings. The Hall–Kier alpha value is -2.50. The highest BCUT2D eigenvalue weighted by Gasteiger charge is 2.47. The van der Waals surface area contributed by atoms with Crippen LogP contribution in [0.15, 0.2) is 29.7 Å². The first kappa shape index (κ1) is 22.7. The lowest BCUT2D eigenvalue weighted by atomic mass is 10.1. The molecule has 3 fully saturated rings. The van der Waals surface area contributed by atoms with Gasteiger partial charge in [0.1, 0.15) is 6.73 Å². The number of nitrogens with zero attached hydrogens (tertiary/aromatic N) is 1. The van der Waals surface area contributed by atoms with Gasteiger partial charge in [-0.3, -0.25) is 10.1 Å². The van der Waals surface area contributed by atoms with Gasteiger partial charge >= 0.3 is 6.03 Å². The van der Waals surface area contributed by atoms with E-state index in [2.05, 4.69) is 10.0 Å². The molecule has 1 aliphatic heterocycles. The highest BCUT2D eigenvalue weighted by atomic mass is 32.2. The number of halogens is 1. The molecular formula is C21H26FN3O6S. The number of rotatable bonds is 11. The number of imide groups is 1. The Labute approximate surface area is 186 Å². The molecule has 0 spiro atoms. The van der Waals surface area contributed by atoms with Crippen molar-refractivity contribution in [3.05, 3.63) is 41.1 Å². The molecule has 1 aromatic carbocycles. The van der Waals surface area contributed by atoms with E-state index in [1.807, 2.05) is 0 Å². The van der Waals surface area contributed by atoms with Crippen LogP contribution in [-0.4, -0.2) is 51.7 Å². The van der Waals surface area contributed by atoms with Gasteiger partial charge in [-0.05, 0) is 55.4 Å². The van der Waals surface area contributed by atoms with Gasteiger partial charge in [-0.15, -0.1) is 0 Å². The lowest BCUT2D eigenvalue weighted by Gasteiger charge is -2.25. The molecule has 2 saturated carbocycles. The summed E-state index contributed by atoms with van der Waals surface area (Å²) in [5.74, 6) is -0.172. The van der Waals surface area contributed by atoms with Crippen LogP contribution in [0.25, 0.3) is 0 Å². The van der Waals surface area contributed by atoms with E-state index in [1.54, 1.807) is 12.1 Å². The molecular weight excluding hydrogens is 441 g/mol. The summed E-state index contributed by atoms with van der Waals surface area (Å²) in [6.45, 7) is 0.638. The molecule has 1 aromatic rings. The maximum Gasteiger partial charge on any atom is 0.325 e. The normalized spacial score (nSPS) is 20.5. The number of ether oxygens (including phenoxy) is 2.